The molecule has 0 spiro atoms. The van der Waals surface area contributed by atoms with Gasteiger partial charge in [0.15, 0.2) is 9.84 Å². The molecule has 0 radical (unpaired) electrons. The maximum absolute atomic E-state index is 13.3. The molecule has 2 atom stereocenters. The van der Waals surface area contributed by atoms with Crippen molar-refractivity contribution in [2.45, 2.75) is 16.9 Å². The Labute approximate surface area is 157 Å². The van der Waals surface area contributed by atoms with Crippen molar-refractivity contribution in [2.24, 2.45) is 4.99 Å². The van der Waals surface area contributed by atoms with Crippen molar-refractivity contribution in [2.75, 3.05) is 13.4 Å². The molecule has 0 aliphatic carbocycles. The summed E-state index contributed by atoms with van der Waals surface area (Å²) >= 11 is 0. The summed E-state index contributed by atoms with van der Waals surface area (Å²) in [7, 11) is -1.87. The number of hydrogen-bond acceptors (Lipinski definition) is 5. The first-order valence-corrected chi connectivity index (χ1v) is 10.0. The summed E-state index contributed by atoms with van der Waals surface area (Å²) in [6.07, 6.45) is 2.89. The minimum absolute atomic E-state index is 0.214. The SMILES string of the molecule is COC1=NC(c2ccc(F)cc2)C(c2ccc(S(C)(=O)=O)cc2)C=C1C#N. The smallest absolute Gasteiger partial charge is 0.227 e. The lowest BCUT2D eigenvalue weighted by Gasteiger charge is -2.27. The van der Waals surface area contributed by atoms with Gasteiger partial charge in [-0.15, -0.1) is 0 Å². The standard InChI is InChI=1S/C20H17FN2O3S/c1-26-20-15(12-22)11-18(13-5-9-17(10-6-13)27(2,24)25)19(23-20)14-3-7-16(21)8-4-14/h3-11,18-19H,1-2H3. The van der Waals surface area contributed by atoms with Gasteiger partial charge in [-0.2, -0.15) is 5.26 Å². The summed E-state index contributed by atoms with van der Waals surface area (Å²) in [4.78, 5) is 4.76. The largest absolute Gasteiger partial charge is 0.480 e. The number of ether oxygens (including phenoxy) is 1. The normalized spacial score (nSPS) is 19.6. The first-order chi connectivity index (χ1) is 12.8. The number of rotatable bonds is 3. The summed E-state index contributed by atoms with van der Waals surface area (Å²) in [6, 6.07) is 14.1. The molecule has 27 heavy (non-hydrogen) atoms. The Morgan fingerprint density at radius 1 is 1.07 bits per heavy atom. The number of hydrogen-bond donors (Lipinski definition) is 0. The second kappa shape index (κ2) is 7.33. The average Bonchev–Trinajstić information content (AvgIpc) is 2.67. The van der Waals surface area contributed by atoms with Gasteiger partial charge < -0.3 is 4.74 Å². The minimum atomic E-state index is -3.31. The van der Waals surface area contributed by atoms with Gasteiger partial charge in [-0.05, 0) is 35.4 Å². The van der Waals surface area contributed by atoms with E-state index in [-0.39, 0.29) is 22.5 Å². The lowest BCUT2D eigenvalue weighted by atomic mass is 9.84. The van der Waals surface area contributed by atoms with E-state index in [0.29, 0.717) is 5.57 Å². The Balaban J connectivity index is 2.09. The lowest BCUT2D eigenvalue weighted by molar-refractivity contribution is 0.393. The van der Waals surface area contributed by atoms with E-state index < -0.39 is 15.9 Å². The van der Waals surface area contributed by atoms with Gasteiger partial charge in [0.2, 0.25) is 5.90 Å². The van der Waals surface area contributed by atoms with E-state index >= 15 is 0 Å². The van der Waals surface area contributed by atoms with Gasteiger partial charge in [-0.25, -0.2) is 17.8 Å². The van der Waals surface area contributed by atoms with Gasteiger partial charge in [0.05, 0.1) is 18.0 Å². The van der Waals surface area contributed by atoms with Crippen LogP contribution in [-0.2, 0) is 14.6 Å². The van der Waals surface area contributed by atoms with Crippen molar-refractivity contribution in [1.82, 2.24) is 0 Å². The van der Waals surface area contributed by atoms with Gasteiger partial charge in [-0.1, -0.05) is 30.3 Å². The monoisotopic (exact) mass is 384 g/mol. The van der Waals surface area contributed by atoms with E-state index in [2.05, 4.69) is 11.1 Å². The van der Waals surface area contributed by atoms with E-state index in [4.69, 9.17) is 4.74 Å². The summed E-state index contributed by atoms with van der Waals surface area (Å²) in [5, 5.41) is 9.39. The third-order valence-electron chi connectivity index (χ3n) is 4.39. The highest BCUT2D eigenvalue weighted by Crippen LogP contribution is 2.39. The summed E-state index contributed by atoms with van der Waals surface area (Å²) < 4.78 is 41.9. The number of nitrogens with zero attached hydrogens (tertiary/aromatic N) is 2. The highest BCUT2D eigenvalue weighted by atomic mass is 32.2. The Morgan fingerprint density at radius 2 is 1.67 bits per heavy atom. The van der Waals surface area contributed by atoms with Crippen LogP contribution in [0.5, 0.6) is 0 Å². The van der Waals surface area contributed by atoms with Crippen LogP contribution >= 0.6 is 0 Å². The minimum Gasteiger partial charge on any atom is -0.480 e. The average molecular weight is 384 g/mol. The van der Waals surface area contributed by atoms with Crippen LogP contribution in [0.15, 0.2) is 70.1 Å². The molecule has 5 nitrogen and oxygen atoms in total. The fraction of sp³-hybridized carbons (Fsp3) is 0.200. The van der Waals surface area contributed by atoms with Crippen LogP contribution < -0.4 is 0 Å². The van der Waals surface area contributed by atoms with Crippen LogP contribution in [0.4, 0.5) is 4.39 Å². The zero-order valence-corrected chi connectivity index (χ0v) is 15.6. The Bertz CT molecular complexity index is 1050. The Hall–Kier alpha value is -2.98. The van der Waals surface area contributed by atoms with Crippen LogP contribution in [0.25, 0.3) is 0 Å². The first-order valence-electron chi connectivity index (χ1n) is 8.13. The van der Waals surface area contributed by atoms with Gasteiger partial charge in [0.1, 0.15) is 17.5 Å². The molecule has 0 fully saturated rings. The Kier molecular flexibility index (Phi) is 5.10. The molecule has 1 aliphatic rings. The molecule has 0 aromatic heterocycles. The van der Waals surface area contributed by atoms with E-state index in [0.717, 1.165) is 17.4 Å². The van der Waals surface area contributed by atoms with Crippen LogP contribution in [0.3, 0.4) is 0 Å². The molecule has 2 aromatic carbocycles. The molecule has 7 heteroatoms. The predicted molar refractivity (Wildman–Crippen MR) is 99.6 cm³/mol. The summed E-state index contributed by atoms with van der Waals surface area (Å²) in [5.74, 6) is -0.457. The zero-order valence-electron chi connectivity index (χ0n) is 14.8. The molecule has 1 aliphatic heterocycles. The molecule has 0 bridgehead atoms. The first kappa shape index (κ1) is 18.8. The quantitative estimate of drug-likeness (QED) is 0.810. The van der Waals surface area contributed by atoms with Crippen LogP contribution in [0.2, 0.25) is 0 Å². The Morgan fingerprint density at radius 3 is 2.19 bits per heavy atom. The van der Waals surface area contributed by atoms with E-state index in [1.54, 1.807) is 30.3 Å². The molecule has 138 valence electrons. The van der Waals surface area contributed by atoms with Crippen molar-refractivity contribution in [1.29, 1.82) is 5.26 Å². The van der Waals surface area contributed by atoms with Gasteiger partial charge in [0.25, 0.3) is 0 Å². The lowest BCUT2D eigenvalue weighted by Crippen LogP contribution is -2.19. The fourth-order valence-corrected chi connectivity index (χ4v) is 3.65. The molecular weight excluding hydrogens is 367 g/mol. The molecule has 1 heterocycles. The number of benzene rings is 2. The molecule has 0 amide bonds. The molecule has 3 rings (SSSR count). The number of halogens is 1. The number of methoxy groups -OCH3 is 1. The summed E-state index contributed by atoms with van der Waals surface area (Å²) in [5.41, 5.74) is 1.85. The number of dihydropyridines is 1. The predicted octanol–water partition coefficient (Wildman–Crippen LogP) is 3.56. The second-order valence-electron chi connectivity index (χ2n) is 6.19. The summed E-state index contributed by atoms with van der Waals surface area (Å²) in [6.45, 7) is 0. The van der Waals surface area contributed by atoms with Gasteiger partial charge in [0, 0.05) is 12.2 Å². The molecule has 0 saturated heterocycles. The maximum atomic E-state index is 13.3. The number of sulfone groups is 1. The zero-order chi connectivity index (χ0) is 19.6. The van der Waals surface area contributed by atoms with Crippen LogP contribution in [-0.4, -0.2) is 27.7 Å². The van der Waals surface area contributed by atoms with Crippen molar-refractivity contribution < 1.29 is 17.5 Å². The van der Waals surface area contributed by atoms with Crippen molar-refractivity contribution in [3.8, 4) is 6.07 Å². The van der Waals surface area contributed by atoms with Crippen molar-refractivity contribution >= 4 is 15.7 Å². The van der Waals surface area contributed by atoms with Gasteiger partial charge >= 0.3 is 0 Å². The number of aliphatic imine (C=N–C) groups is 1. The highest BCUT2D eigenvalue weighted by molar-refractivity contribution is 7.90. The van der Waals surface area contributed by atoms with Crippen molar-refractivity contribution in [3.05, 3.63) is 77.1 Å². The van der Waals surface area contributed by atoms with Crippen LogP contribution in [0, 0.1) is 17.1 Å². The molecule has 2 aromatic rings. The van der Waals surface area contributed by atoms with E-state index in [1.165, 1.54) is 31.4 Å². The molecular formula is C20H17FN2O3S. The van der Waals surface area contributed by atoms with Crippen LogP contribution in [0.1, 0.15) is 23.1 Å². The molecule has 2 unspecified atom stereocenters. The topological polar surface area (TPSA) is 79.5 Å². The molecule has 0 saturated carbocycles. The van der Waals surface area contributed by atoms with Gasteiger partial charge in [-0.3, -0.25) is 0 Å². The van der Waals surface area contributed by atoms with E-state index in [1.807, 2.05) is 0 Å². The van der Waals surface area contributed by atoms with Crippen molar-refractivity contribution in [3.63, 3.8) is 0 Å². The number of nitriles is 1. The van der Waals surface area contributed by atoms with E-state index in [9.17, 15) is 18.1 Å². The highest BCUT2D eigenvalue weighted by Gasteiger charge is 2.30. The third-order valence-corrected chi connectivity index (χ3v) is 5.52. The second-order valence-corrected chi connectivity index (χ2v) is 8.21. The fourth-order valence-electron chi connectivity index (χ4n) is 3.02. The third kappa shape index (κ3) is 3.91. The maximum Gasteiger partial charge on any atom is 0.227 e. The molecule has 0 N–H and O–H groups in total.